The maximum absolute atomic E-state index is 9.31. The van der Waals surface area contributed by atoms with Crippen molar-refractivity contribution in [1.29, 1.82) is 0 Å². The average Bonchev–Trinajstić information content (AvgIpc) is 2.86. The monoisotopic (exact) mass is 249 g/mol. The molecule has 0 bridgehead atoms. The highest BCUT2D eigenvalue weighted by molar-refractivity contribution is 5.40. The molecule has 1 aromatic rings. The molecule has 18 heavy (non-hydrogen) atoms. The Morgan fingerprint density at radius 3 is 2.94 bits per heavy atom. The first-order valence-corrected chi connectivity index (χ1v) is 6.60. The molecule has 4 heteroatoms. The molecule has 0 aromatic heterocycles. The number of hydrogen-bond acceptors (Lipinski definition) is 4. The van der Waals surface area contributed by atoms with Crippen LogP contribution in [0, 0.1) is 0 Å². The number of aliphatic hydroxyl groups is 1. The highest BCUT2D eigenvalue weighted by Crippen LogP contribution is 2.31. The van der Waals surface area contributed by atoms with E-state index in [1.54, 1.807) is 0 Å². The van der Waals surface area contributed by atoms with Gasteiger partial charge in [-0.25, -0.2) is 0 Å². The SMILES string of the molecule is OC[C@@H]1CCCN1CC1COc2ccccc2O1. The quantitative estimate of drug-likeness (QED) is 0.876. The number of benzene rings is 1. The second-order valence-electron chi connectivity index (χ2n) is 4.97. The number of rotatable bonds is 3. The van der Waals surface area contributed by atoms with Gasteiger partial charge in [-0.2, -0.15) is 0 Å². The van der Waals surface area contributed by atoms with Gasteiger partial charge in [0.2, 0.25) is 0 Å². The highest BCUT2D eigenvalue weighted by atomic mass is 16.6. The van der Waals surface area contributed by atoms with Gasteiger partial charge in [0, 0.05) is 12.6 Å². The topological polar surface area (TPSA) is 41.9 Å². The number of ether oxygens (including phenoxy) is 2. The van der Waals surface area contributed by atoms with Crippen molar-refractivity contribution in [2.75, 3.05) is 26.3 Å². The summed E-state index contributed by atoms with van der Waals surface area (Å²) in [6.07, 6.45) is 2.31. The van der Waals surface area contributed by atoms with Crippen molar-refractivity contribution in [2.24, 2.45) is 0 Å². The van der Waals surface area contributed by atoms with Crippen LogP contribution < -0.4 is 9.47 Å². The predicted octanol–water partition coefficient (Wildman–Crippen LogP) is 1.28. The second kappa shape index (κ2) is 5.16. The third-order valence-corrected chi connectivity index (χ3v) is 3.72. The Bertz CT molecular complexity index is 410. The molecule has 2 aliphatic heterocycles. The fraction of sp³-hybridized carbons (Fsp3) is 0.571. The minimum Gasteiger partial charge on any atom is -0.486 e. The van der Waals surface area contributed by atoms with Crippen LogP contribution in [0.2, 0.25) is 0 Å². The van der Waals surface area contributed by atoms with E-state index in [0.29, 0.717) is 12.6 Å². The Kier molecular flexibility index (Phi) is 3.39. The van der Waals surface area contributed by atoms with Crippen molar-refractivity contribution in [3.8, 4) is 11.5 Å². The van der Waals surface area contributed by atoms with E-state index in [1.165, 1.54) is 0 Å². The predicted molar refractivity (Wildman–Crippen MR) is 68.0 cm³/mol. The number of nitrogens with zero attached hydrogens (tertiary/aromatic N) is 1. The average molecular weight is 249 g/mol. The molecule has 3 rings (SSSR count). The zero-order valence-electron chi connectivity index (χ0n) is 10.4. The normalized spacial score (nSPS) is 27.4. The number of para-hydroxylation sites is 2. The first-order chi connectivity index (χ1) is 8.86. The molecule has 1 unspecified atom stereocenters. The van der Waals surface area contributed by atoms with E-state index in [0.717, 1.165) is 37.4 Å². The van der Waals surface area contributed by atoms with Gasteiger partial charge in [0.15, 0.2) is 11.5 Å². The summed E-state index contributed by atoms with van der Waals surface area (Å²) >= 11 is 0. The summed E-state index contributed by atoms with van der Waals surface area (Å²) in [5.74, 6) is 1.65. The van der Waals surface area contributed by atoms with Crippen LogP contribution in [-0.4, -0.2) is 48.5 Å². The minimum absolute atomic E-state index is 0.0621. The van der Waals surface area contributed by atoms with Gasteiger partial charge in [-0.1, -0.05) is 12.1 Å². The van der Waals surface area contributed by atoms with Crippen molar-refractivity contribution in [1.82, 2.24) is 4.90 Å². The molecule has 1 fully saturated rings. The summed E-state index contributed by atoms with van der Waals surface area (Å²) in [4.78, 5) is 2.31. The van der Waals surface area contributed by atoms with E-state index >= 15 is 0 Å². The molecule has 0 amide bonds. The lowest BCUT2D eigenvalue weighted by molar-refractivity contribution is 0.0463. The summed E-state index contributed by atoms with van der Waals surface area (Å²) in [6, 6.07) is 8.07. The molecule has 0 aliphatic carbocycles. The lowest BCUT2D eigenvalue weighted by Crippen LogP contribution is -2.43. The molecule has 0 radical (unpaired) electrons. The maximum atomic E-state index is 9.31. The standard InChI is InChI=1S/C14H19NO3/c16-9-11-4-3-7-15(11)8-12-10-17-13-5-1-2-6-14(13)18-12/h1-2,5-6,11-12,16H,3-4,7-10H2/t11-,12?/m0/s1. The van der Waals surface area contributed by atoms with E-state index in [2.05, 4.69) is 4.90 Å². The van der Waals surface area contributed by atoms with Gasteiger partial charge < -0.3 is 14.6 Å². The zero-order valence-corrected chi connectivity index (χ0v) is 10.4. The van der Waals surface area contributed by atoms with Crippen molar-refractivity contribution >= 4 is 0 Å². The van der Waals surface area contributed by atoms with E-state index in [1.807, 2.05) is 24.3 Å². The molecule has 4 nitrogen and oxygen atoms in total. The third kappa shape index (κ3) is 2.31. The van der Waals surface area contributed by atoms with Crippen LogP contribution in [0.15, 0.2) is 24.3 Å². The van der Waals surface area contributed by atoms with Crippen LogP contribution in [-0.2, 0) is 0 Å². The molecule has 0 spiro atoms. The van der Waals surface area contributed by atoms with E-state index in [9.17, 15) is 5.11 Å². The lowest BCUT2D eigenvalue weighted by Gasteiger charge is -2.31. The van der Waals surface area contributed by atoms with Crippen LogP contribution in [0.4, 0.5) is 0 Å². The first kappa shape index (κ1) is 11.8. The fourth-order valence-corrected chi connectivity index (χ4v) is 2.76. The summed E-state index contributed by atoms with van der Waals surface area (Å²) in [7, 11) is 0. The number of hydrogen-bond donors (Lipinski definition) is 1. The van der Waals surface area contributed by atoms with Crippen molar-refractivity contribution < 1.29 is 14.6 Å². The van der Waals surface area contributed by atoms with Gasteiger partial charge in [-0.15, -0.1) is 0 Å². The van der Waals surface area contributed by atoms with Gasteiger partial charge >= 0.3 is 0 Å². The number of aliphatic hydroxyl groups excluding tert-OH is 1. The van der Waals surface area contributed by atoms with E-state index in [-0.39, 0.29) is 12.7 Å². The Morgan fingerprint density at radius 2 is 2.11 bits per heavy atom. The van der Waals surface area contributed by atoms with Crippen molar-refractivity contribution in [2.45, 2.75) is 25.0 Å². The molecule has 98 valence electrons. The Balaban J connectivity index is 1.62. The minimum atomic E-state index is 0.0621. The van der Waals surface area contributed by atoms with Crippen LogP contribution in [0.1, 0.15) is 12.8 Å². The molecule has 1 aromatic carbocycles. The number of likely N-dealkylation sites (tertiary alicyclic amines) is 1. The summed E-state index contributed by atoms with van der Waals surface area (Å²) < 4.78 is 11.6. The van der Waals surface area contributed by atoms with Crippen LogP contribution in [0.3, 0.4) is 0 Å². The van der Waals surface area contributed by atoms with Crippen molar-refractivity contribution in [3.05, 3.63) is 24.3 Å². The molecule has 2 atom stereocenters. The smallest absolute Gasteiger partial charge is 0.161 e. The summed E-state index contributed by atoms with van der Waals surface area (Å²) in [6.45, 7) is 2.71. The zero-order chi connectivity index (χ0) is 12.4. The van der Waals surface area contributed by atoms with Gasteiger partial charge in [-0.05, 0) is 31.5 Å². The maximum Gasteiger partial charge on any atom is 0.161 e. The molecule has 2 aliphatic rings. The summed E-state index contributed by atoms with van der Waals surface area (Å²) in [5, 5.41) is 9.31. The molecular formula is C14H19NO3. The first-order valence-electron chi connectivity index (χ1n) is 6.60. The molecule has 0 saturated carbocycles. The van der Waals surface area contributed by atoms with Crippen LogP contribution >= 0.6 is 0 Å². The Labute approximate surface area is 107 Å². The number of fused-ring (bicyclic) bond motifs is 1. The van der Waals surface area contributed by atoms with Gasteiger partial charge in [0.1, 0.15) is 12.7 Å². The second-order valence-corrected chi connectivity index (χ2v) is 4.97. The largest absolute Gasteiger partial charge is 0.486 e. The summed E-state index contributed by atoms with van der Waals surface area (Å²) in [5.41, 5.74) is 0. The van der Waals surface area contributed by atoms with Crippen LogP contribution in [0.25, 0.3) is 0 Å². The Morgan fingerprint density at radius 1 is 1.28 bits per heavy atom. The van der Waals surface area contributed by atoms with Gasteiger partial charge in [0.25, 0.3) is 0 Å². The third-order valence-electron chi connectivity index (χ3n) is 3.72. The van der Waals surface area contributed by atoms with Crippen LogP contribution in [0.5, 0.6) is 11.5 Å². The van der Waals surface area contributed by atoms with E-state index in [4.69, 9.17) is 9.47 Å². The Hall–Kier alpha value is -1.26. The molecule has 1 saturated heterocycles. The van der Waals surface area contributed by atoms with Crippen molar-refractivity contribution in [3.63, 3.8) is 0 Å². The fourth-order valence-electron chi connectivity index (χ4n) is 2.76. The molecular weight excluding hydrogens is 230 g/mol. The van der Waals surface area contributed by atoms with E-state index < -0.39 is 0 Å². The highest BCUT2D eigenvalue weighted by Gasteiger charge is 2.29. The molecule has 2 heterocycles. The van der Waals surface area contributed by atoms with Gasteiger partial charge in [-0.3, -0.25) is 4.90 Å². The van der Waals surface area contributed by atoms with Gasteiger partial charge in [0.05, 0.1) is 6.61 Å². The molecule has 1 N–H and O–H groups in total. The lowest BCUT2D eigenvalue weighted by atomic mass is 10.2.